The second-order valence-corrected chi connectivity index (χ2v) is 6.80. The van der Waals surface area contributed by atoms with E-state index >= 15 is 0 Å². The Morgan fingerprint density at radius 2 is 1.68 bits per heavy atom. The Morgan fingerprint density at radius 3 is 2.36 bits per heavy atom. The van der Waals surface area contributed by atoms with Crippen molar-refractivity contribution in [2.75, 3.05) is 25.5 Å². The normalized spacial score (nSPS) is 12.9. The van der Waals surface area contributed by atoms with Crippen molar-refractivity contribution in [1.82, 2.24) is 5.32 Å². The van der Waals surface area contributed by atoms with Crippen molar-refractivity contribution in [3.8, 4) is 0 Å². The van der Waals surface area contributed by atoms with Crippen LogP contribution in [-0.2, 0) is 9.59 Å². The average Bonchev–Trinajstić information content (AvgIpc) is 2.62. The van der Waals surface area contributed by atoms with Gasteiger partial charge in [0.1, 0.15) is 0 Å². The van der Waals surface area contributed by atoms with E-state index in [1.807, 2.05) is 6.07 Å². The van der Waals surface area contributed by atoms with Gasteiger partial charge in [-0.2, -0.15) is 0 Å². The summed E-state index contributed by atoms with van der Waals surface area (Å²) in [5.41, 5.74) is 0.301. The lowest BCUT2D eigenvalue weighted by atomic mass is 10.1. The van der Waals surface area contributed by atoms with Gasteiger partial charge in [0.2, 0.25) is 0 Å². The molecule has 0 radical (unpaired) electrons. The van der Waals surface area contributed by atoms with Crippen molar-refractivity contribution in [1.29, 1.82) is 0 Å². The molecule has 0 aliphatic carbocycles. The number of carbonyl (C=O) groups is 2. The van der Waals surface area contributed by atoms with Crippen LogP contribution in [0.25, 0.3) is 0 Å². The van der Waals surface area contributed by atoms with Crippen LogP contribution in [0.3, 0.4) is 0 Å². The highest BCUT2D eigenvalue weighted by atomic mass is 35.5. The molecule has 2 rings (SSSR count). The van der Waals surface area contributed by atoms with Gasteiger partial charge in [-0.05, 0) is 30.7 Å². The average molecular weight is 415 g/mol. The number of halogens is 4. The molecule has 2 amide bonds. The number of anilines is 1. The number of benzene rings is 2. The van der Waals surface area contributed by atoms with Crippen LogP contribution in [0.1, 0.15) is 18.5 Å². The van der Waals surface area contributed by atoms with E-state index in [9.17, 15) is 22.8 Å². The monoisotopic (exact) mass is 414 g/mol. The Kier molecular flexibility index (Phi) is 7.42. The number of hydrogen-bond donors (Lipinski definition) is 3. The number of hydrogen-bond acceptors (Lipinski definition) is 2. The van der Waals surface area contributed by atoms with Crippen LogP contribution in [0, 0.1) is 17.5 Å². The fourth-order valence-corrected chi connectivity index (χ4v) is 2.92. The minimum Gasteiger partial charge on any atom is -0.345 e. The maximum atomic E-state index is 13.6. The summed E-state index contributed by atoms with van der Waals surface area (Å²) in [4.78, 5) is 24.7. The summed E-state index contributed by atoms with van der Waals surface area (Å²) in [5.74, 6) is -5.43. The first-order valence-electron chi connectivity index (χ1n) is 8.47. The van der Waals surface area contributed by atoms with Gasteiger partial charge < -0.3 is 15.5 Å². The second-order valence-electron chi connectivity index (χ2n) is 6.39. The predicted octanol–water partition coefficient (Wildman–Crippen LogP) is 2.09. The van der Waals surface area contributed by atoms with Gasteiger partial charge in [0.15, 0.2) is 30.5 Å². The molecule has 9 heteroatoms. The smallest absolute Gasteiger partial charge is 0.279 e. The molecule has 0 saturated heterocycles. The largest absolute Gasteiger partial charge is 0.345 e. The molecule has 2 aromatic rings. The number of nitrogens with one attached hydrogen (secondary N) is 3. The fourth-order valence-electron chi connectivity index (χ4n) is 2.62. The molecule has 0 fully saturated rings. The zero-order valence-corrected chi connectivity index (χ0v) is 16.0. The first-order chi connectivity index (χ1) is 13.2. The summed E-state index contributed by atoms with van der Waals surface area (Å²) in [6, 6.07) is 8.44. The highest BCUT2D eigenvalue weighted by Gasteiger charge is 2.19. The van der Waals surface area contributed by atoms with Crippen LogP contribution in [0.5, 0.6) is 0 Å². The Balaban J connectivity index is 1.86. The van der Waals surface area contributed by atoms with Gasteiger partial charge in [0.05, 0.1) is 18.8 Å². The topological polar surface area (TPSA) is 62.6 Å². The number of likely N-dealkylation sites (N-methyl/N-ethyl adjacent to an activating group) is 1. The molecular formula is C19H20ClF3N3O2+. The molecule has 5 nitrogen and oxygen atoms in total. The van der Waals surface area contributed by atoms with Crippen molar-refractivity contribution in [3.05, 3.63) is 64.4 Å². The molecule has 2 atom stereocenters. The molecule has 150 valence electrons. The van der Waals surface area contributed by atoms with Gasteiger partial charge in [0.25, 0.3) is 11.8 Å². The molecule has 0 bridgehead atoms. The first-order valence-corrected chi connectivity index (χ1v) is 8.85. The van der Waals surface area contributed by atoms with Crippen LogP contribution in [0.2, 0.25) is 5.02 Å². The molecule has 1 unspecified atom stereocenters. The molecule has 3 N–H and O–H groups in total. The number of rotatable bonds is 7. The van der Waals surface area contributed by atoms with E-state index in [0.29, 0.717) is 16.0 Å². The maximum Gasteiger partial charge on any atom is 0.279 e. The number of quaternary nitrogens is 1. The fraction of sp³-hybridized carbons (Fsp3) is 0.263. The van der Waals surface area contributed by atoms with Crippen molar-refractivity contribution in [3.63, 3.8) is 0 Å². The van der Waals surface area contributed by atoms with E-state index < -0.39 is 29.0 Å². The van der Waals surface area contributed by atoms with E-state index in [1.54, 1.807) is 32.2 Å². The molecule has 0 spiro atoms. The van der Waals surface area contributed by atoms with E-state index in [0.717, 1.165) is 11.6 Å². The minimum absolute atomic E-state index is 0.0253. The number of amides is 2. The van der Waals surface area contributed by atoms with Crippen LogP contribution < -0.4 is 15.5 Å². The van der Waals surface area contributed by atoms with Gasteiger partial charge in [0, 0.05) is 5.02 Å². The zero-order valence-electron chi connectivity index (χ0n) is 15.3. The van der Waals surface area contributed by atoms with Gasteiger partial charge in [-0.3, -0.25) is 9.59 Å². The summed E-state index contributed by atoms with van der Waals surface area (Å²) >= 11 is 6.10. The molecular weight excluding hydrogens is 395 g/mol. The van der Waals surface area contributed by atoms with E-state index in [4.69, 9.17) is 11.6 Å². The van der Waals surface area contributed by atoms with E-state index in [1.165, 1.54) is 0 Å². The Bertz CT molecular complexity index is 879. The summed E-state index contributed by atoms with van der Waals surface area (Å²) in [5, 5.41) is 5.48. The first kappa shape index (κ1) is 21.7. The molecule has 28 heavy (non-hydrogen) atoms. The molecule has 0 saturated carbocycles. The summed E-state index contributed by atoms with van der Waals surface area (Å²) in [7, 11) is 1.60. The highest BCUT2D eigenvalue weighted by Crippen LogP contribution is 2.22. The zero-order chi connectivity index (χ0) is 20.8. The van der Waals surface area contributed by atoms with Crippen molar-refractivity contribution in [2.24, 2.45) is 0 Å². The quantitative estimate of drug-likeness (QED) is 0.607. The lowest BCUT2D eigenvalue weighted by Crippen LogP contribution is -3.11. The van der Waals surface area contributed by atoms with Crippen molar-refractivity contribution < 1.29 is 27.7 Å². The SMILES string of the molecule is C[C@H](NC(=O)C[NH+](C)CC(=O)Nc1ccc(F)c(F)c1F)c1ccccc1Cl. The van der Waals surface area contributed by atoms with Crippen LogP contribution in [0.15, 0.2) is 36.4 Å². The standard InChI is InChI=1S/C19H19ClF3N3O2/c1-11(12-5-3-4-6-13(12)20)24-16(27)9-26(2)10-17(28)25-15-8-7-14(21)18(22)19(15)23/h3-8,11H,9-10H2,1-2H3,(H,24,27)(H,25,28)/p+1/t11-/m0/s1. The third-order valence-electron chi connectivity index (χ3n) is 3.98. The summed E-state index contributed by atoms with van der Waals surface area (Å²) in [6.45, 7) is 1.59. The van der Waals surface area contributed by atoms with Crippen LogP contribution >= 0.6 is 11.6 Å². The van der Waals surface area contributed by atoms with Gasteiger partial charge in [-0.15, -0.1) is 0 Å². The lowest BCUT2D eigenvalue weighted by Gasteiger charge is -2.18. The molecule has 0 aromatic heterocycles. The Morgan fingerprint density at radius 1 is 1.04 bits per heavy atom. The van der Waals surface area contributed by atoms with E-state index in [2.05, 4.69) is 10.6 Å². The predicted molar refractivity (Wildman–Crippen MR) is 99.6 cm³/mol. The number of carbonyl (C=O) groups excluding carboxylic acids is 2. The van der Waals surface area contributed by atoms with Crippen LogP contribution in [0.4, 0.5) is 18.9 Å². The summed E-state index contributed by atoms with van der Waals surface area (Å²) < 4.78 is 39.7. The Labute approximate surface area is 165 Å². The highest BCUT2D eigenvalue weighted by molar-refractivity contribution is 6.31. The third kappa shape index (κ3) is 5.71. The van der Waals surface area contributed by atoms with Crippen LogP contribution in [-0.4, -0.2) is 32.0 Å². The lowest BCUT2D eigenvalue weighted by molar-refractivity contribution is -0.862. The van der Waals surface area contributed by atoms with Crippen molar-refractivity contribution >= 4 is 29.1 Å². The summed E-state index contributed by atoms with van der Waals surface area (Å²) in [6.07, 6.45) is 0. The molecule has 0 aliphatic heterocycles. The molecule has 2 aromatic carbocycles. The van der Waals surface area contributed by atoms with Gasteiger partial charge in [-0.25, -0.2) is 13.2 Å². The molecule has 0 heterocycles. The molecule has 0 aliphatic rings. The van der Waals surface area contributed by atoms with Crippen molar-refractivity contribution in [2.45, 2.75) is 13.0 Å². The van der Waals surface area contributed by atoms with E-state index in [-0.39, 0.29) is 25.0 Å². The Hall–Kier alpha value is -2.58. The van der Waals surface area contributed by atoms with Gasteiger partial charge >= 0.3 is 0 Å². The third-order valence-corrected chi connectivity index (χ3v) is 4.33. The van der Waals surface area contributed by atoms with Gasteiger partial charge in [-0.1, -0.05) is 29.8 Å². The maximum absolute atomic E-state index is 13.6. The second kappa shape index (κ2) is 9.57. The minimum atomic E-state index is -1.66.